The van der Waals surface area contributed by atoms with Crippen molar-refractivity contribution < 1.29 is 9.47 Å². The van der Waals surface area contributed by atoms with E-state index in [-0.39, 0.29) is 5.41 Å². The van der Waals surface area contributed by atoms with Gasteiger partial charge in [0.05, 0.1) is 7.11 Å². The average Bonchev–Trinajstić information content (AvgIpc) is 2.35. The summed E-state index contributed by atoms with van der Waals surface area (Å²) in [6, 6.07) is 6.74. The van der Waals surface area contributed by atoms with Crippen LogP contribution in [0.5, 0.6) is 11.5 Å². The lowest BCUT2D eigenvalue weighted by molar-refractivity contribution is 0.0840. The molecule has 1 aromatic rings. The van der Waals surface area contributed by atoms with Crippen LogP contribution in [0.4, 0.5) is 0 Å². The molecule has 1 N–H and O–H groups in total. The molecule has 1 aromatic carbocycles. The van der Waals surface area contributed by atoms with E-state index in [9.17, 15) is 0 Å². The number of hydrogen-bond donors (Lipinski definition) is 1. The maximum Gasteiger partial charge on any atom is 0.123 e. The Balaban J connectivity index is 2.08. The lowest BCUT2D eigenvalue weighted by Crippen LogP contribution is -2.46. The molecule has 112 valence electrons. The third-order valence-corrected chi connectivity index (χ3v) is 3.88. The van der Waals surface area contributed by atoms with E-state index in [1.54, 1.807) is 7.11 Å². The third kappa shape index (κ3) is 3.45. The van der Waals surface area contributed by atoms with Gasteiger partial charge in [-0.05, 0) is 43.0 Å². The molecule has 1 aliphatic carbocycles. The van der Waals surface area contributed by atoms with E-state index in [1.165, 1.54) is 5.56 Å². The van der Waals surface area contributed by atoms with Crippen molar-refractivity contribution in [2.45, 2.75) is 58.1 Å². The van der Waals surface area contributed by atoms with E-state index in [0.29, 0.717) is 12.1 Å². The molecular weight excluding hydrogens is 250 g/mol. The van der Waals surface area contributed by atoms with Crippen molar-refractivity contribution in [2.24, 2.45) is 0 Å². The number of ether oxygens (including phenoxy) is 2. The number of rotatable bonds is 5. The Labute approximate surface area is 122 Å². The quantitative estimate of drug-likeness (QED) is 0.893. The van der Waals surface area contributed by atoms with Crippen LogP contribution in [0.1, 0.15) is 46.1 Å². The maximum absolute atomic E-state index is 6.19. The van der Waals surface area contributed by atoms with Crippen molar-refractivity contribution in [1.82, 2.24) is 5.32 Å². The summed E-state index contributed by atoms with van der Waals surface area (Å²) in [5.74, 6) is 1.89. The van der Waals surface area contributed by atoms with E-state index < -0.39 is 0 Å². The maximum atomic E-state index is 6.19. The number of hydrogen-bond acceptors (Lipinski definition) is 3. The largest absolute Gasteiger partial charge is 0.497 e. The van der Waals surface area contributed by atoms with Gasteiger partial charge in [0.15, 0.2) is 0 Å². The zero-order chi connectivity index (χ0) is 14.8. The molecule has 1 saturated carbocycles. The molecule has 0 radical (unpaired) electrons. The Bertz CT molecular complexity index is 445. The molecule has 0 heterocycles. The van der Waals surface area contributed by atoms with Gasteiger partial charge in [-0.25, -0.2) is 0 Å². The molecule has 0 bridgehead atoms. The first-order valence-corrected chi connectivity index (χ1v) is 7.52. The average molecular weight is 277 g/mol. The predicted molar refractivity (Wildman–Crippen MR) is 82.8 cm³/mol. The highest BCUT2D eigenvalue weighted by atomic mass is 16.5. The zero-order valence-corrected chi connectivity index (χ0v) is 13.3. The first kappa shape index (κ1) is 15.2. The number of methoxy groups -OCH3 is 1. The van der Waals surface area contributed by atoms with E-state index in [2.05, 4.69) is 39.1 Å². The summed E-state index contributed by atoms with van der Waals surface area (Å²) < 4.78 is 11.5. The minimum absolute atomic E-state index is 0.0503. The van der Waals surface area contributed by atoms with E-state index in [1.807, 2.05) is 12.1 Å². The van der Waals surface area contributed by atoms with Gasteiger partial charge < -0.3 is 14.8 Å². The van der Waals surface area contributed by atoms with Crippen LogP contribution in [-0.4, -0.2) is 25.8 Å². The fraction of sp³-hybridized carbons (Fsp3) is 0.647. The van der Waals surface area contributed by atoms with Crippen LogP contribution >= 0.6 is 0 Å². The molecule has 2 rings (SSSR count). The highest BCUT2D eigenvalue weighted by Crippen LogP contribution is 2.36. The van der Waals surface area contributed by atoms with Crippen molar-refractivity contribution >= 4 is 0 Å². The van der Waals surface area contributed by atoms with E-state index in [0.717, 1.165) is 30.9 Å². The smallest absolute Gasteiger partial charge is 0.123 e. The van der Waals surface area contributed by atoms with Crippen LogP contribution in [0.25, 0.3) is 0 Å². The molecular formula is C17H27NO2. The summed E-state index contributed by atoms with van der Waals surface area (Å²) >= 11 is 0. The summed E-state index contributed by atoms with van der Waals surface area (Å²) in [5, 5.41) is 3.46. The molecule has 1 fully saturated rings. The van der Waals surface area contributed by atoms with Crippen LogP contribution in [0, 0.1) is 0 Å². The molecule has 3 heteroatoms. The second-order valence-electron chi connectivity index (χ2n) is 6.58. The number of nitrogens with one attached hydrogen (secondary N) is 1. The van der Waals surface area contributed by atoms with Gasteiger partial charge >= 0.3 is 0 Å². The van der Waals surface area contributed by atoms with E-state index in [4.69, 9.17) is 9.47 Å². The molecule has 20 heavy (non-hydrogen) atoms. The molecule has 0 aromatic heterocycles. The van der Waals surface area contributed by atoms with Gasteiger partial charge in [0.25, 0.3) is 0 Å². The predicted octanol–water partition coefficient (Wildman–Crippen LogP) is 3.51. The van der Waals surface area contributed by atoms with Gasteiger partial charge in [-0.1, -0.05) is 27.7 Å². The van der Waals surface area contributed by atoms with Gasteiger partial charge in [-0.15, -0.1) is 0 Å². The Morgan fingerprint density at radius 2 is 1.95 bits per heavy atom. The fourth-order valence-corrected chi connectivity index (χ4v) is 2.62. The zero-order valence-electron chi connectivity index (χ0n) is 13.3. The van der Waals surface area contributed by atoms with Crippen molar-refractivity contribution in [3.05, 3.63) is 23.8 Å². The highest BCUT2D eigenvalue weighted by molar-refractivity contribution is 5.44. The standard InChI is InChI=1S/C17H27NO2/c1-6-18-12-9-14(10-12)20-16-8-7-13(19-5)11-15(16)17(2,3)4/h7-8,11-12,14,18H,6,9-10H2,1-5H3. The summed E-state index contributed by atoms with van der Waals surface area (Å²) in [6.07, 6.45) is 2.54. The minimum atomic E-state index is 0.0503. The molecule has 0 spiro atoms. The van der Waals surface area contributed by atoms with Crippen LogP contribution < -0.4 is 14.8 Å². The lowest BCUT2D eigenvalue weighted by Gasteiger charge is -2.37. The normalized spacial score (nSPS) is 22.2. The van der Waals surface area contributed by atoms with Gasteiger partial charge in [-0.2, -0.15) is 0 Å². The van der Waals surface area contributed by atoms with Crippen molar-refractivity contribution in [3.8, 4) is 11.5 Å². The van der Waals surface area contributed by atoms with Crippen LogP contribution in [0.2, 0.25) is 0 Å². The first-order valence-electron chi connectivity index (χ1n) is 7.52. The van der Waals surface area contributed by atoms with E-state index >= 15 is 0 Å². The van der Waals surface area contributed by atoms with Crippen LogP contribution in [-0.2, 0) is 5.41 Å². The summed E-state index contributed by atoms with van der Waals surface area (Å²) in [7, 11) is 1.70. The van der Waals surface area contributed by atoms with Gasteiger partial charge in [0, 0.05) is 11.6 Å². The Hall–Kier alpha value is -1.22. The monoisotopic (exact) mass is 277 g/mol. The summed E-state index contributed by atoms with van der Waals surface area (Å²) in [5.41, 5.74) is 1.26. The van der Waals surface area contributed by atoms with Crippen LogP contribution in [0.15, 0.2) is 18.2 Å². The molecule has 0 amide bonds. The molecule has 0 saturated heterocycles. The molecule has 0 atom stereocenters. The molecule has 0 aliphatic heterocycles. The number of benzene rings is 1. The fourth-order valence-electron chi connectivity index (χ4n) is 2.62. The van der Waals surface area contributed by atoms with Gasteiger partial charge in [0.2, 0.25) is 0 Å². The minimum Gasteiger partial charge on any atom is -0.497 e. The Morgan fingerprint density at radius 1 is 1.25 bits per heavy atom. The summed E-state index contributed by atoms with van der Waals surface area (Å²) in [6.45, 7) is 9.80. The lowest BCUT2D eigenvalue weighted by atomic mass is 9.85. The second kappa shape index (κ2) is 6.04. The summed E-state index contributed by atoms with van der Waals surface area (Å²) in [4.78, 5) is 0. The van der Waals surface area contributed by atoms with Gasteiger partial charge in [0.1, 0.15) is 17.6 Å². The first-order chi connectivity index (χ1) is 9.44. The Kier molecular flexibility index (Phi) is 4.59. The van der Waals surface area contributed by atoms with Crippen LogP contribution in [0.3, 0.4) is 0 Å². The molecule has 3 nitrogen and oxygen atoms in total. The third-order valence-electron chi connectivity index (χ3n) is 3.88. The second-order valence-corrected chi connectivity index (χ2v) is 6.58. The van der Waals surface area contributed by atoms with Crippen molar-refractivity contribution in [2.75, 3.05) is 13.7 Å². The highest BCUT2D eigenvalue weighted by Gasteiger charge is 2.31. The van der Waals surface area contributed by atoms with Crippen molar-refractivity contribution in [3.63, 3.8) is 0 Å². The van der Waals surface area contributed by atoms with Gasteiger partial charge in [-0.3, -0.25) is 0 Å². The topological polar surface area (TPSA) is 30.5 Å². The van der Waals surface area contributed by atoms with Crippen molar-refractivity contribution in [1.29, 1.82) is 0 Å². The molecule has 0 unspecified atom stereocenters. The Morgan fingerprint density at radius 3 is 2.50 bits per heavy atom. The molecule has 1 aliphatic rings. The SMILES string of the molecule is CCNC1CC(Oc2ccc(OC)cc2C(C)(C)C)C1.